The van der Waals surface area contributed by atoms with Crippen LogP contribution in [0.1, 0.15) is 41.5 Å². The highest BCUT2D eigenvalue weighted by atomic mass is 16.5. The van der Waals surface area contributed by atoms with E-state index in [0.29, 0.717) is 0 Å². The van der Waals surface area contributed by atoms with Crippen molar-refractivity contribution in [3.05, 3.63) is 0 Å². The van der Waals surface area contributed by atoms with Crippen LogP contribution < -0.4 is 10.2 Å². The molecule has 6 nitrogen and oxygen atoms in total. The molecule has 0 saturated heterocycles. The number of carboxylic acid groups (broad SMARTS) is 2. The van der Waals surface area contributed by atoms with Crippen LogP contribution in [0.15, 0.2) is 0 Å². The lowest BCUT2D eigenvalue weighted by Crippen LogP contribution is -2.78. The van der Waals surface area contributed by atoms with Gasteiger partial charge in [-0.05, 0) is 10.8 Å². The summed E-state index contributed by atoms with van der Waals surface area (Å²) in [5, 5.41) is 43.1. The van der Waals surface area contributed by atoms with Crippen molar-refractivity contribution in [1.29, 1.82) is 0 Å². The summed E-state index contributed by atoms with van der Waals surface area (Å²) in [5.41, 5.74) is -8.96. The normalized spacial score (nSPS) is 19.8. The number of aliphatic carboxylic acids is 2. The van der Waals surface area contributed by atoms with Crippen LogP contribution >= 0.6 is 0 Å². The molecule has 2 atom stereocenters. The smallest absolute Gasteiger partial charge is 0.143 e. The summed E-state index contributed by atoms with van der Waals surface area (Å²) in [4.78, 5) is 22.5. The molecule has 2 N–H and O–H groups in total. The minimum atomic E-state index is -3.00. The first-order valence-electron chi connectivity index (χ1n) is 5.51. The van der Waals surface area contributed by atoms with Gasteiger partial charge in [0.1, 0.15) is 11.2 Å². The van der Waals surface area contributed by atoms with Crippen LogP contribution in [0.4, 0.5) is 0 Å². The van der Waals surface area contributed by atoms with Gasteiger partial charge in [0.05, 0.1) is 11.9 Å². The van der Waals surface area contributed by atoms with Crippen LogP contribution in [0.2, 0.25) is 0 Å². The minimum absolute atomic E-state index is 1.29. The van der Waals surface area contributed by atoms with Gasteiger partial charge in [0.15, 0.2) is 0 Å². The molecule has 0 aromatic rings. The van der Waals surface area contributed by atoms with Gasteiger partial charge in [-0.3, -0.25) is 0 Å². The first kappa shape index (κ1) is 16.9. The van der Waals surface area contributed by atoms with Crippen molar-refractivity contribution < 1.29 is 30.0 Å². The molecule has 0 spiro atoms. The molecule has 0 bridgehead atoms. The van der Waals surface area contributed by atoms with E-state index >= 15 is 0 Å². The summed E-state index contributed by atoms with van der Waals surface area (Å²) < 4.78 is 0. The first-order valence-corrected chi connectivity index (χ1v) is 5.51. The fraction of sp³-hybridized carbons (Fsp3) is 0.833. The van der Waals surface area contributed by atoms with Crippen LogP contribution in [0, 0.1) is 10.8 Å². The zero-order chi connectivity index (χ0) is 15.2. The highest BCUT2D eigenvalue weighted by Gasteiger charge is 2.63. The molecule has 0 aliphatic heterocycles. The van der Waals surface area contributed by atoms with Crippen molar-refractivity contribution in [3.8, 4) is 0 Å². The molecule has 0 aliphatic rings. The zero-order valence-electron chi connectivity index (χ0n) is 11.5. The number of rotatable bonds is 3. The van der Waals surface area contributed by atoms with Crippen molar-refractivity contribution in [3.63, 3.8) is 0 Å². The fourth-order valence-electron chi connectivity index (χ4n) is 1.99. The summed E-state index contributed by atoms with van der Waals surface area (Å²) in [6, 6.07) is 0. The summed E-state index contributed by atoms with van der Waals surface area (Å²) >= 11 is 0. The van der Waals surface area contributed by atoms with Gasteiger partial charge in [0.2, 0.25) is 0 Å². The molecule has 0 aromatic carbocycles. The van der Waals surface area contributed by atoms with Gasteiger partial charge < -0.3 is 30.0 Å². The van der Waals surface area contributed by atoms with E-state index in [9.17, 15) is 30.0 Å². The van der Waals surface area contributed by atoms with Crippen molar-refractivity contribution in [2.75, 3.05) is 0 Å². The highest BCUT2D eigenvalue weighted by molar-refractivity contribution is 5.90. The van der Waals surface area contributed by atoms with E-state index in [1.807, 2.05) is 0 Å². The summed E-state index contributed by atoms with van der Waals surface area (Å²) in [6.07, 6.45) is 0. The van der Waals surface area contributed by atoms with Gasteiger partial charge in [-0.15, -0.1) is 0 Å². The van der Waals surface area contributed by atoms with Gasteiger partial charge in [0.25, 0.3) is 0 Å². The monoisotopic (exact) mass is 260 g/mol. The standard InChI is InChI=1S/C12H22O6/c1-9(2,3)11(17,7(13)14)12(18,8(15)16)10(4,5)6/h17-18H,1-6H3,(H,13,14)(H,15,16)/p-2. The van der Waals surface area contributed by atoms with Crippen molar-refractivity contribution >= 4 is 11.9 Å². The Morgan fingerprint density at radius 3 is 0.944 bits per heavy atom. The Kier molecular flexibility index (Phi) is 3.94. The molecule has 0 amide bonds. The van der Waals surface area contributed by atoms with Crippen molar-refractivity contribution in [2.45, 2.75) is 52.7 Å². The highest BCUT2D eigenvalue weighted by Crippen LogP contribution is 2.47. The van der Waals surface area contributed by atoms with Gasteiger partial charge in [-0.25, -0.2) is 0 Å². The molecule has 0 saturated carbocycles. The molecular formula is C12H20O6-2. The maximum Gasteiger partial charge on any atom is 0.143 e. The molecule has 0 fully saturated rings. The fourth-order valence-corrected chi connectivity index (χ4v) is 1.99. The Bertz CT molecular complexity index is 326. The SMILES string of the molecule is CC(C)(C)C(O)(C(=O)[O-])C(O)(C(=O)[O-])C(C)(C)C. The van der Waals surface area contributed by atoms with Gasteiger partial charge in [-0.2, -0.15) is 0 Å². The lowest BCUT2D eigenvalue weighted by molar-refractivity contribution is -0.377. The Morgan fingerprint density at radius 2 is 0.889 bits per heavy atom. The Hall–Kier alpha value is -1.14. The van der Waals surface area contributed by atoms with Gasteiger partial charge in [0, 0.05) is 0 Å². The summed E-state index contributed by atoms with van der Waals surface area (Å²) in [7, 11) is 0. The Labute approximate surface area is 106 Å². The van der Waals surface area contributed by atoms with Crippen molar-refractivity contribution in [2.24, 2.45) is 10.8 Å². The lowest BCUT2D eigenvalue weighted by atomic mass is 9.57. The van der Waals surface area contributed by atoms with E-state index in [0.717, 1.165) is 0 Å². The first-order chi connectivity index (χ1) is 7.64. The quantitative estimate of drug-likeness (QED) is 0.608. The predicted octanol–water partition coefficient (Wildman–Crippen LogP) is -1.96. The molecule has 0 radical (unpaired) electrons. The number of hydrogen-bond acceptors (Lipinski definition) is 6. The second-order valence-electron chi connectivity index (χ2n) is 6.50. The number of aliphatic hydroxyl groups is 2. The third-order valence-corrected chi connectivity index (χ3v) is 3.29. The topological polar surface area (TPSA) is 121 Å². The van der Waals surface area contributed by atoms with Crippen molar-refractivity contribution in [1.82, 2.24) is 0 Å². The molecule has 6 heteroatoms. The molecule has 18 heavy (non-hydrogen) atoms. The lowest BCUT2D eigenvalue weighted by Gasteiger charge is -2.57. The molecule has 0 aliphatic carbocycles. The van der Waals surface area contributed by atoms with Crippen LogP contribution in [0.3, 0.4) is 0 Å². The Balaban J connectivity index is 6.37. The van der Waals surface area contributed by atoms with Crippen LogP contribution in [-0.4, -0.2) is 33.4 Å². The predicted molar refractivity (Wildman–Crippen MR) is 58.8 cm³/mol. The van der Waals surface area contributed by atoms with E-state index in [4.69, 9.17) is 0 Å². The zero-order valence-corrected chi connectivity index (χ0v) is 11.5. The molecule has 2 unspecified atom stereocenters. The summed E-state index contributed by atoms with van der Waals surface area (Å²) in [6.45, 7) is 7.76. The van der Waals surface area contributed by atoms with E-state index < -0.39 is 34.0 Å². The Morgan fingerprint density at radius 1 is 0.722 bits per heavy atom. The maximum atomic E-state index is 11.3. The third kappa shape index (κ3) is 1.99. The average Bonchev–Trinajstić information content (AvgIpc) is 2.10. The van der Waals surface area contributed by atoms with Gasteiger partial charge >= 0.3 is 0 Å². The molecule has 0 rings (SSSR count). The van der Waals surface area contributed by atoms with Gasteiger partial charge in [-0.1, -0.05) is 41.5 Å². The van der Waals surface area contributed by atoms with E-state index in [1.165, 1.54) is 41.5 Å². The third-order valence-electron chi connectivity index (χ3n) is 3.29. The second kappa shape index (κ2) is 4.20. The van der Waals surface area contributed by atoms with Crippen LogP contribution in [0.5, 0.6) is 0 Å². The average molecular weight is 260 g/mol. The number of hydrogen-bond donors (Lipinski definition) is 2. The molecular weight excluding hydrogens is 240 g/mol. The van der Waals surface area contributed by atoms with E-state index in [-0.39, 0.29) is 0 Å². The largest absolute Gasteiger partial charge is 0.547 e. The number of carboxylic acids is 2. The molecule has 0 heterocycles. The van der Waals surface area contributed by atoms with E-state index in [1.54, 1.807) is 0 Å². The van der Waals surface area contributed by atoms with Crippen LogP contribution in [-0.2, 0) is 9.59 Å². The number of carbonyl (C=O) groups excluding carboxylic acids is 2. The molecule has 0 aromatic heterocycles. The minimum Gasteiger partial charge on any atom is -0.547 e. The van der Waals surface area contributed by atoms with Crippen LogP contribution in [0.25, 0.3) is 0 Å². The summed E-state index contributed by atoms with van der Waals surface area (Å²) in [5.74, 6) is -4.12. The maximum absolute atomic E-state index is 11.3. The second-order valence-corrected chi connectivity index (χ2v) is 6.50. The van der Waals surface area contributed by atoms with E-state index in [2.05, 4.69) is 0 Å². The number of carbonyl (C=O) groups is 2. The molecule has 106 valence electrons.